The van der Waals surface area contributed by atoms with E-state index in [1.54, 1.807) is 13.8 Å². The van der Waals surface area contributed by atoms with E-state index in [1.165, 1.54) is 0 Å². The number of nitrogens with one attached hydrogen (secondary N) is 1. The first kappa shape index (κ1) is 22.8. The predicted molar refractivity (Wildman–Crippen MR) is 95.1 cm³/mol. The van der Waals surface area contributed by atoms with E-state index < -0.39 is 53.9 Å². The Morgan fingerprint density at radius 2 is 1.70 bits per heavy atom. The fourth-order valence-electron chi connectivity index (χ4n) is 2.43. The molecule has 0 spiro atoms. The van der Waals surface area contributed by atoms with Crippen LogP contribution in [0.5, 0.6) is 0 Å². The molecule has 4 unspecified atom stereocenters. The number of hydrogen-bond donors (Lipinski definition) is 7. The topological polar surface area (TPSA) is 200 Å². The zero-order valence-electron chi connectivity index (χ0n) is 15.1. The average Bonchev–Trinajstić information content (AvgIpc) is 2.66. The molecule has 0 bridgehead atoms. The lowest BCUT2D eigenvalue weighted by Gasteiger charge is -2.25. The van der Waals surface area contributed by atoms with E-state index in [-0.39, 0.29) is 18.9 Å². The number of amides is 1. The van der Waals surface area contributed by atoms with E-state index in [9.17, 15) is 34.8 Å². The number of nitrogen functional groups attached to an aromatic ring is 1. The first-order chi connectivity index (χ1) is 12.6. The molecule has 1 aromatic rings. The molecule has 1 heterocycles. The number of nitrogens with zero attached hydrogens (tertiary/aromatic N) is 2. The molecule has 0 aliphatic rings. The number of nitrogens with two attached hydrogens (primary N) is 1. The van der Waals surface area contributed by atoms with E-state index in [2.05, 4.69) is 0 Å². The van der Waals surface area contributed by atoms with E-state index in [1.807, 2.05) is 5.32 Å². The zero-order valence-corrected chi connectivity index (χ0v) is 15.1. The molecule has 0 aliphatic heterocycles. The number of rotatable bonds is 9. The number of carbonyl (C=O) groups is 1. The minimum Gasteiger partial charge on any atom is -0.394 e. The van der Waals surface area contributed by atoms with Gasteiger partial charge in [-0.3, -0.25) is 18.7 Å². The number of aliphatic hydroxyl groups excluding tert-OH is 5. The van der Waals surface area contributed by atoms with Crippen molar-refractivity contribution in [3.8, 4) is 0 Å². The largest absolute Gasteiger partial charge is 0.394 e. The van der Waals surface area contributed by atoms with Gasteiger partial charge in [0.1, 0.15) is 29.8 Å². The maximum absolute atomic E-state index is 12.4. The number of carbonyl (C=O) groups excluding carboxylic acids is 1. The van der Waals surface area contributed by atoms with Crippen molar-refractivity contribution in [2.75, 3.05) is 17.7 Å². The van der Waals surface area contributed by atoms with Gasteiger partial charge in [-0.1, -0.05) is 6.92 Å². The molecule has 8 N–H and O–H groups in total. The quantitative estimate of drug-likeness (QED) is 0.222. The summed E-state index contributed by atoms with van der Waals surface area (Å²) in [7, 11) is 0. The van der Waals surface area contributed by atoms with Gasteiger partial charge in [0.15, 0.2) is 6.10 Å². The van der Waals surface area contributed by atoms with Crippen LogP contribution < -0.4 is 22.3 Å². The molecule has 0 saturated carbocycles. The summed E-state index contributed by atoms with van der Waals surface area (Å²) in [6.07, 6.45) is -7.69. The standard InChI is InChI=1S/C15H26N4O8/c1-3-5-19-12(16)8(14(26)18(4-2)15(19)27)17-13(25)11(24)10(23)9(22)7(21)6-20/h7,9-11,20-24H,3-6,16H2,1-2H3,(H,17,25). The molecule has 4 atom stereocenters. The molecule has 27 heavy (non-hydrogen) atoms. The second-order valence-corrected chi connectivity index (χ2v) is 5.91. The molecular formula is C15H26N4O8. The Morgan fingerprint density at radius 3 is 2.19 bits per heavy atom. The summed E-state index contributed by atoms with van der Waals surface area (Å²) < 4.78 is 1.93. The van der Waals surface area contributed by atoms with Crippen LogP contribution in [-0.4, -0.2) is 71.6 Å². The Labute approximate surface area is 154 Å². The van der Waals surface area contributed by atoms with Gasteiger partial charge in [-0.25, -0.2) is 4.79 Å². The summed E-state index contributed by atoms with van der Waals surface area (Å²) in [5, 5.41) is 49.3. The summed E-state index contributed by atoms with van der Waals surface area (Å²) in [6, 6.07) is 0. The molecule has 0 saturated heterocycles. The number of anilines is 2. The highest BCUT2D eigenvalue weighted by molar-refractivity contribution is 5.96. The van der Waals surface area contributed by atoms with Crippen LogP contribution in [0, 0.1) is 0 Å². The van der Waals surface area contributed by atoms with Gasteiger partial charge in [-0.2, -0.15) is 0 Å². The smallest absolute Gasteiger partial charge is 0.332 e. The number of hydrogen-bond acceptors (Lipinski definition) is 9. The van der Waals surface area contributed by atoms with E-state index in [4.69, 9.17) is 10.8 Å². The van der Waals surface area contributed by atoms with Crippen LogP contribution in [0.2, 0.25) is 0 Å². The predicted octanol–water partition coefficient (Wildman–Crippen LogP) is -3.60. The Bertz CT molecular complexity index is 774. The lowest BCUT2D eigenvalue weighted by molar-refractivity contribution is -0.144. The van der Waals surface area contributed by atoms with Crippen LogP contribution >= 0.6 is 0 Å². The van der Waals surface area contributed by atoms with Crippen LogP contribution in [0.1, 0.15) is 20.3 Å². The average molecular weight is 390 g/mol. The molecule has 1 amide bonds. The maximum atomic E-state index is 12.4. The minimum absolute atomic E-state index is 0.0110. The first-order valence-corrected chi connectivity index (χ1v) is 8.39. The minimum atomic E-state index is -2.25. The van der Waals surface area contributed by atoms with Gasteiger partial charge >= 0.3 is 5.69 Å². The third kappa shape index (κ3) is 4.73. The van der Waals surface area contributed by atoms with Crippen molar-refractivity contribution in [1.29, 1.82) is 0 Å². The van der Waals surface area contributed by atoms with Gasteiger partial charge in [-0.15, -0.1) is 0 Å². The summed E-state index contributed by atoms with van der Waals surface area (Å²) in [5.41, 5.74) is 3.82. The van der Waals surface area contributed by atoms with Crippen LogP contribution in [0.4, 0.5) is 11.5 Å². The Kier molecular flexibility index (Phi) is 8.12. The summed E-state index contributed by atoms with van der Waals surface area (Å²) in [4.78, 5) is 36.8. The number of aromatic nitrogens is 2. The molecule has 0 aromatic carbocycles. The van der Waals surface area contributed by atoms with Gasteiger partial charge in [-0.05, 0) is 13.3 Å². The maximum Gasteiger partial charge on any atom is 0.332 e. The Morgan fingerprint density at radius 1 is 1.11 bits per heavy atom. The second-order valence-electron chi connectivity index (χ2n) is 5.91. The van der Waals surface area contributed by atoms with Gasteiger partial charge in [0.2, 0.25) is 0 Å². The second kappa shape index (κ2) is 9.62. The lowest BCUT2D eigenvalue weighted by atomic mass is 10.0. The van der Waals surface area contributed by atoms with E-state index in [0.717, 1.165) is 9.13 Å². The molecular weight excluding hydrogens is 364 g/mol. The molecule has 12 nitrogen and oxygen atoms in total. The SMILES string of the molecule is CCCn1c(N)c(NC(=O)C(O)C(O)C(O)C(O)CO)c(=O)n(CC)c1=O. The van der Waals surface area contributed by atoms with Crippen molar-refractivity contribution in [3.05, 3.63) is 20.8 Å². The molecule has 0 aliphatic carbocycles. The van der Waals surface area contributed by atoms with Crippen molar-refractivity contribution < 1.29 is 30.3 Å². The van der Waals surface area contributed by atoms with Crippen LogP contribution in [0.15, 0.2) is 9.59 Å². The number of aliphatic hydroxyl groups is 5. The van der Waals surface area contributed by atoms with Gasteiger partial charge in [0.05, 0.1) is 6.61 Å². The fraction of sp³-hybridized carbons (Fsp3) is 0.667. The van der Waals surface area contributed by atoms with Gasteiger partial charge in [0, 0.05) is 13.1 Å². The van der Waals surface area contributed by atoms with Crippen molar-refractivity contribution in [1.82, 2.24) is 9.13 Å². The van der Waals surface area contributed by atoms with E-state index >= 15 is 0 Å². The molecule has 0 fully saturated rings. The van der Waals surface area contributed by atoms with Crippen LogP contribution in [-0.2, 0) is 17.9 Å². The molecule has 1 rings (SSSR count). The van der Waals surface area contributed by atoms with E-state index in [0.29, 0.717) is 6.42 Å². The summed E-state index contributed by atoms with van der Waals surface area (Å²) >= 11 is 0. The van der Waals surface area contributed by atoms with Gasteiger partial charge < -0.3 is 36.6 Å². The third-order valence-corrected chi connectivity index (χ3v) is 4.00. The molecule has 154 valence electrons. The molecule has 0 radical (unpaired) electrons. The summed E-state index contributed by atoms with van der Waals surface area (Å²) in [5.74, 6) is -1.61. The van der Waals surface area contributed by atoms with Crippen LogP contribution in [0.25, 0.3) is 0 Å². The highest BCUT2D eigenvalue weighted by Crippen LogP contribution is 2.13. The molecule has 1 aromatic heterocycles. The van der Waals surface area contributed by atoms with Gasteiger partial charge in [0.25, 0.3) is 11.5 Å². The Hall–Kier alpha value is -2.25. The fourth-order valence-corrected chi connectivity index (χ4v) is 2.43. The third-order valence-electron chi connectivity index (χ3n) is 4.00. The van der Waals surface area contributed by atoms with Crippen molar-refractivity contribution >= 4 is 17.4 Å². The Balaban J connectivity index is 3.24. The summed E-state index contributed by atoms with van der Waals surface area (Å²) in [6.45, 7) is 2.60. The highest BCUT2D eigenvalue weighted by Gasteiger charge is 2.35. The van der Waals surface area contributed by atoms with Crippen molar-refractivity contribution in [3.63, 3.8) is 0 Å². The molecule has 12 heteroatoms. The highest BCUT2D eigenvalue weighted by atomic mass is 16.4. The monoisotopic (exact) mass is 390 g/mol. The van der Waals surface area contributed by atoms with Crippen molar-refractivity contribution in [2.24, 2.45) is 0 Å². The lowest BCUT2D eigenvalue weighted by Crippen LogP contribution is -2.51. The first-order valence-electron chi connectivity index (χ1n) is 8.39. The zero-order chi connectivity index (χ0) is 20.9. The van der Waals surface area contributed by atoms with Crippen molar-refractivity contribution in [2.45, 2.75) is 57.8 Å². The van der Waals surface area contributed by atoms with Crippen LogP contribution in [0.3, 0.4) is 0 Å². The normalized spacial score (nSPS) is 15.8.